The van der Waals surface area contributed by atoms with Gasteiger partial charge in [-0.05, 0) is 42.8 Å². The highest BCUT2D eigenvalue weighted by molar-refractivity contribution is 9.10. The lowest BCUT2D eigenvalue weighted by Gasteiger charge is -2.17. The molecule has 0 saturated heterocycles. The third kappa shape index (κ3) is 3.44. The molecular formula is C17H17BrFNO. The third-order valence-electron chi connectivity index (χ3n) is 3.79. The topological polar surface area (TPSA) is 21.3 Å². The molecule has 21 heavy (non-hydrogen) atoms. The molecule has 1 heterocycles. The minimum absolute atomic E-state index is 0.0692. The first kappa shape index (κ1) is 14.5. The van der Waals surface area contributed by atoms with Crippen molar-refractivity contribution in [2.75, 3.05) is 6.54 Å². The van der Waals surface area contributed by atoms with Crippen molar-refractivity contribution in [2.45, 2.75) is 25.5 Å². The van der Waals surface area contributed by atoms with Crippen molar-refractivity contribution in [3.05, 3.63) is 63.9 Å². The van der Waals surface area contributed by atoms with Gasteiger partial charge in [-0.3, -0.25) is 0 Å². The van der Waals surface area contributed by atoms with E-state index in [-0.39, 0.29) is 18.0 Å². The first-order valence-corrected chi connectivity index (χ1v) is 7.85. The molecule has 2 nitrogen and oxygen atoms in total. The van der Waals surface area contributed by atoms with Crippen molar-refractivity contribution in [1.82, 2.24) is 5.32 Å². The molecule has 110 valence electrons. The molecule has 4 heteroatoms. The van der Waals surface area contributed by atoms with E-state index in [4.69, 9.17) is 4.74 Å². The van der Waals surface area contributed by atoms with Crippen molar-refractivity contribution in [2.24, 2.45) is 0 Å². The van der Waals surface area contributed by atoms with E-state index in [2.05, 4.69) is 40.3 Å². The summed E-state index contributed by atoms with van der Waals surface area (Å²) in [7, 11) is 0. The highest BCUT2D eigenvalue weighted by Gasteiger charge is 2.23. The minimum Gasteiger partial charge on any atom is -0.488 e. The fraction of sp³-hybridized carbons (Fsp3) is 0.294. The van der Waals surface area contributed by atoms with Crippen LogP contribution in [0.4, 0.5) is 4.39 Å². The summed E-state index contributed by atoms with van der Waals surface area (Å²) in [6, 6.07) is 13.2. The maximum atomic E-state index is 13.2. The Hall–Kier alpha value is -1.39. The zero-order valence-electron chi connectivity index (χ0n) is 11.8. The van der Waals surface area contributed by atoms with Gasteiger partial charge in [-0.2, -0.15) is 0 Å². The minimum atomic E-state index is -0.200. The Bertz CT molecular complexity index is 629. The van der Waals surface area contributed by atoms with Gasteiger partial charge in [0.05, 0.1) is 0 Å². The monoisotopic (exact) mass is 349 g/mol. The highest BCUT2D eigenvalue weighted by Crippen LogP contribution is 2.29. The summed E-state index contributed by atoms with van der Waals surface area (Å²) in [5.74, 6) is 0.605. The lowest BCUT2D eigenvalue weighted by atomic mass is 10.1. The zero-order valence-corrected chi connectivity index (χ0v) is 13.4. The molecule has 2 atom stereocenters. The quantitative estimate of drug-likeness (QED) is 0.891. The number of hydrogen-bond donors (Lipinski definition) is 1. The fourth-order valence-electron chi connectivity index (χ4n) is 2.58. The molecule has 0 spiro atoms. The highest BCUT2D eigenvalue weighted by atomic mass is 79.9. The van der Waals surface area contributed by atoms with E-state index < -0.39 is 0 Å². The number of fused-ring (bicyclic) bond motifs is 1. The molecule has 2 aromatic carbocycles. The van der Waals surface area contributed by atoms with Crippen LogP contribution >= 0.6 is 15.9 Å². The van der Waals surface area contributed by atoms with Crippen LogP contribution in [0.25, 0.3) is 0 Å². The molecule has 0 bridgehead atoms. The number of benzene rings is 2. The van der Waals surface area contributed by atoms with Gasteiger partial charge in [0.1, 0.15) is 17.7 Å². The van der Waals surface area contributed by atoms with Crippen LogP contribution in [0.3, 0.4) is 0 Å². The van der Waals surface area contributed by atoms with Crippen LogP contribution in [-0.2, 0) is 6.42 Å². The van der Waals surface area contributed by atoms with Crippen LogP contribution in [0.15, 0.2) is 46.9 Å². The predicted molar refractivity (Wildman–Crippen MR) is 85.1 cm³/mol. The SMILES string of the molecule is C[C@H](NCC1Cc2cc(F)ccc2O1)c1ccc(Br)cc1. The van der Waals surface area contributed by atoms with Crippen molar-refractivity contribution < 1.29 is 9.13 Å². The molecule has 0 aliphatic carbocycles. The van der Waals surface area contributed by atoms with Gasteiger partial charge in [-0.1, -0.05) is 28.1 Å². The molecule has 2 aromatic rings. The first-order valence-electron chi connectivity index (χ1n) is 7.06. The standard InChI is InChI=1S/C17H17BrFNO/c1-11(12-2-4-14(18)5-3-12)20-10-16-9-13-8-15(19)6-7-17(13)21-16/h2-8,11,16,20H,9-10H2,1H3/t11-,16?/m0/s1. The lowest BCUT2D eigenvalue weighted by Crippen LogP contribution is -2.31. The number of ether oxygens (including phenoxy) is 1. The molecular weight excluding hydrogens is 333 g/mol. The molecule has 1 unspecified atom stereocenters. The normalized spacial score (nSPS) is 18.1. The molecule has 0 fully saturated rings. The van der Waals surface area contributed by atoms with Crippen molar-refractivity contribution in [3.8, 4) is 5.75 Å². The Labute approximate surface area is 132 Å². The Morgan fingerprint density at radius 1 is 1.29 bits per heavy atom. The number of halogens is 2. The largest absolute Gasteiger partial charge is 0.488 e. The average Bonchev–Trinajstić information content (AvgIpc) is 2.87. The van der Waals surface area contributed by atoms with Crippen LogP contribution in [-0.4, -0.2) is 12.6 Å². The summed E-state index contributed by atoms with van der Waals surface area (Å²) in [4.78, 5) is 0. The van der Waals surface area contributed by atoms with Gasteiger partial charge in [-0.15, -0.1) is 0 Å². The Morgan fingerprint density at radius 2 is 2.05 bits per heavy atom. The predicted octanol–water partition coefficient (Wildman–Crippen LogP) is 4.24. The summed E-state index contributed by atoms with van der Waals surface area (Å²) >= 11 is 3.44. The van der Waals surface area contributed by atoms with Crippen molar-refractivity contribution >= 4 is 15.9 Å². The van der Waals surface area contributed by atoms with Crippen LogP contribution < -0.4 is 10.1 Å². The van der Waals surface area contributed by atoms with Gasteiger partial charge in [0.2, 0.25) is 0 Å². The second-order valence-electron chi connectivity index (χ2n) is 5.38. The number of rotatable bonds is 4. The van der Waals surface area contributed by atoms with Gasteiger partial charge in [0.15, 0.2) is 0 Å². The Balaban J connectivity index is 1.56. The summed E-state index contributed by atoms with van der Waals surface area (Å²) in [6.07, 6.45) is 0.826. The van der Waals surface area contributed by atoms with E-state index in [1.807, 2.05) is 12.1 Å². The van der Waals surface area contributed by atoms with Crippen LogP contribution in [0.2, 0.25) is 0 Å². The average molecular weight is 350 g/mol. The molecule has 0 amide bonds. The maximum Gasteiger partial charge on any atom is 0.123 e. The molecule has 0 aromatic heterocycles. The van der Waals surface area contributed by atoms with E-state index in [1.54, 1.807) is 12.1 Å². The molecule has 1 aliphatic rings. The number of nitrogens with one attached hydrogen (secondary N) is 1. The molecule has 1 aliphatic heterocycles. The zero-order chi connectivity index (χ0) is 14.8. The second-order valence-corrected chi connectivity index (χ2v) is 6.29. The van der Waals surface area contributed by atoms with Crippen molar-refractivity contribution in [1.29, 1.82) is 0 Å². The summed E-state index contributed by atoms with van der Waals surface area (Å²) < 4.78 is 20.1. The Kier molecular flexibility index (Phi) is 4.27. The lowest BCUT2D eigenvalue weighted by molar-refractivity contribution is 0.222. The van der Waals surface area contributed by atoms with E-state index in [1.165, 1.54) is 11.6 Å². The number of hydrogen-bond acceptors (Lipinski definition) is 2. The van der Waals surface area contributed by atoms with Crippen LogP contribution in [0.5, 0.6) is 5.75 Å². The van der Waals surface area contributed by atoms with E-state index in [0.717, 1.165) is 28.8 Å². The van der Waals surface area contributed by atoms with Crippen LogP contribution in [0, 0.1) is 5.82 Å². The van der Waals surface area contributed by atoms with Crippen LogP contribution in [0.1, 0.15) is 24.1 Å². The Morgan fingerprint density at radius 3 is 2.81 bits per heavy atom. The van der Waals surface area contributed by atoms with E-state index >= 15 is 0 Å². The molecule has 1 N–H and O–H groups in total. The van der Waals surface area contributed by atoms with Gasteiger partial charge < -0.3 is 10.1 Å². The first-order chi connectivity index (χ1) is 10.1. The summed E-state index contributed by atoms with van der Waals surface area (Å²) in [5, 5.41) is 3.48. The van der Waals surface area contributed by atoms with E-state index in [9.17, 15) is 4.39 Å². The van der Waals surface area contributed by atoms with E-state index in [0.29, 0.717) is 0 Å². The summed E-state index contributed by atoms with van der Waals surface area (Å²) in [6.45, 7) is 2.87. The van der Waals surface area contributed by atoms with Gasteiger partial charge in [-0.25, -0.2) is 4.39 Å². The fourth-order valence-corrected chi connectivity index (χ4v) is 2.84. The van der Waals surface area contributed by atoms with Crippen molar-refractivity contribution in [3.63, 3.8) is 0 Å². The molecule has 3 rings (SSSR count). The second kappa shape index (κ2) is 6.16. The van der Waals surface area contributed by atoms with Gasteiger partial charge >= 0.3 is 0 Å². The maximum absolute atomic E-state index is 13.2. The molecule has 0 saturated carbocycles. The third-order valence-corrected chi connectivity index (χ3v) is 4.31. The molecule has 0 radical (unpaired) electrons. The summed E-state index contributed by atoms with van der Waals surface area (Å²) in [5.41, 5.74) is 2.19. The van der Waals surface area contributed by atoms with Gasteiger partial charge in [0, 0.05) is 29.0 Å². The smallest absolute Gasteiger partial charge is 0.123 e. The van der Waals surface area contributed by atoms with Gasteiger partial charge in [0.25, 0.3) is 0 Å².